The van der Waals surface area contributed by atoms with E-state index >= 15 is 0 Å². The first-order valence-electron chi connectivity index (χ1n) is 8.91. The second kappa shape index (κ2) is 9.99. The van der Waals surface area contributed by atoms with E-state index in [2.05, 4.69) is 43.4 Å². The highest BCUT2D eigenvalue weighted by Gasteiger charge is 2.14. The minimum Gasteiger partial charge on any atom is -0.466 e. The number of aryl methyl sites for hydroxylation is 4. The zero-order chi connectivity index (χ0) is 18.6. The van der Waals surface area contributed by atoms with Gasteiger partial charge in [-0.25, -0.2) is 4.99 Å². The second-order valence-electron chi connectivity index (χ2n) is 6.66. The molecule has 2 aromatic rings. The van der Waals surface area contributed by atoms with Gasteiger partial charge in [-0.1, -0.05) is 0 Å². The Bertz CT molecular complexity index is 747. The largest absolute Gasteiger partial charge is 0.466 e. The molecule has 0 aliphatic carbocycles. The molecule has 0 saturated carbocycles. The predicted molar refractivity (Wildman–Crippen MR) is 117 cm³/mol. The van der Waals surface area contributed by atoms with Crippen LogP contribution in [0.25, 0.3) is 0 Å². The molecule has 0 bridgehead atoms. The third kappa shape index (κ3) is 5.75. The van der Waals surface area contributed by atoms with Crippen LogP contribution in [0.2, 0.25) is 0 Å². The van der Waals surface area contributed by atoms with Crippen LogP contribution in [-0.4, -0.2) is 28.3 Å². The summed E-state index contributed by atoms with van der Waals surface area (Å²) in [4.78, 5) is 4.70. The van der Waals surface area contributed by atoms with E-state index in [1.807, 2.05) is 31.6 Å². The summed E-state index contributed by atoms with van der Waals surface area (Å²) in [5.74, 6) is 2.69. The maximum Gasteiger partial charge on any atom is 0.191 e. The lowest BCUT2D eigenvalue weighted by molar-refractivity contribution is 0.501. The van der Waals surface area contributed by atoms with Crippen molar-refractivity contribution in [1.29, 1.82) is 0 Å². The lowest BCUT2D eigenvalue weighted by atomic mass is 10.1. The zero-order valence-corrected chi connectivity index (χ0v) is 19.3. The molecule has 0 fully saturated rings. The molecule has 0 spiro atoms. The first kappa shape index (κ1) is 22.5. The summed E-state index contributed by atoms with van der Waals surface area (Å²) >= 11 is 0. The van der Waals surface area contributed by atoms with Gasteiger partial charge in [0.25, 0.3) is 0 Å². The molecule has 0 radical (unpaired) electrons. The summed E-state index contributed by atoms with van der Waals surface area (Å²) in [6.45, 7) is 13.8. The van der Waals surface area contributed by atoms with Crippen molar-refractivity contribution in [3.8, 4) is 0 Å². The minimum absolute atomic E-state index is 0. The fourth-order valence-electron chi connectivity index (χ4n) is 3.03. The Morgan fingerprint density at radius 2 is 2.00 bits per heavy atom. The molecule has 2 rings (SSSR count). The van der Waals surface area contributed by atoms with E-state index in [4.69, 9.17) is 9.41 Å². The van der Waals surface area contributed by atoms with Gasteiger partial charge < -0.3 is 15.1 Å². The quantitative estimate of drug-likeness (QED) is 0.383. The molecule has 2 N–H and O–H groups in total. The Labute approximate surface area is 173 Å². The van der Waals surface area contributed by atoms with E-state index < -0.39 is 0 Å². The van der Waals surface area contributed by atoms with Crippen LogP contribution in [0.3, 0.4) is 0 Å². The average molecular weight is 473 g/mol. The SMILES string of the molecule is CCNC(=NCc1cc(C)oc1C)NC(C)Cc1c(C)nn(C)c1C.I. The maximum absolute atomic E-state index is 5.58. The van der Waals surface area contributed by atoms with Gasteiger partial charge in [-0.3, -0.25) is 4.68 Å². The summed E-state index contributed by atoms with van der Waals surface area (Å²) in [7, 11) is 1.99. The van der Waals surface area contributed by atoms with Crippen LogP contribution < -0.4 is 10.6 Å². The van der Waals surface area contributed by atoms with Crippen LogP contribution in [0.15, 0.2) is 15.5 Å². The van der Waals surface area contributed by atoms with Crippen LogP contribution >= 0.6 is 24.0 Å². The molecule has 1 atom stereocenters. The van der Waals surface area contributed by atoms with Gasteiger partial charge >= 0.3 is 0 Å². The van der Waals surface area contributed by atoms with E-state index in [0.717, 1.165) is 41.7 Å². The topological polar surface area (TPSA) is 67.4 Å². The van der Waals surface area contributed by atoms with Crippen molar-refractivity contribution in [1.82, 2.24) is 20.4 Å². The van der Waals surface area contributed by atoms with Gasteiger partial charge in [-0.15, -0.1) is 24.0 Å². The van der Waals surface area contributed by atoms with Gasteiger partial charge in [-0.05, 0) is 59.6 Å². The van der Waals surface area contributed by atoms with Gasteiger partial charge in [0, 0.05) is 30.9 Å². The van der Waals surface area contributed by atoms with E-state index in [-0.39, 0.29) is 30.0 Å². The second-order valence-corrected chi connectivity index (χ2v) is 6.66. The highest BCUT2D eigenvalue weighted by Crippen LogP contribution is 2.15. The zero-order valence-electron chi connectivity index (χ0n) is 16.9. The van der Waals surface area contributed by atoms with E-state index in [0.29, 0.717) is 6.54 Å². The van der Waals surface area contributed by atoms with Gasteiger partial charge in [0.1, 0.15) is 11.5 Å². The lowest BCUT2D eigenvalue weighted by Crippen LogP contribution is -2.43. The Morgan fingerprint density at radius 1 is 1.31 bits per heavy atom. The molecule has 7 heteroatoms. The number of aliphatic imine (C=N–C) groups is 1. The summed E-state index contributed by atoms with van der Waals surface area (Å²) in [6.07, 6.45) is 0.916. The first-order valence-corrected chi connectivity index (χ1v) is 8.91. The van der Waals surface area contributed by atoms with Crippen LogP contribution in [0.4, 0.5) is 0 Å². The summed E-state index contributed by atoms with van der Waals surface area (Å²) in [5.41, 5.74) is 4.75. The molecular formula is C19H32IN5O. The molecule has 0 aliphatic heterocycles. The van der Waals surface area contributed by atoms with Crippen molar-refractivity contribution in [2.24, 2.45) is 12.0 Å². The van der Waals surface area contributed by atoms with Gasteiger partial charge in [-0.2, -0.15) is 5.10 Å². The van der Waals surface area contributed by atoms with E-state index in [1.165, 1.54) is 11.3 Å². The van der Waals surface area contributed by atoms with Crippen molar-refractivity contribution < 1.29 is 4.42 Å². The summed E-state index contributed by atoms with van der Waals surface area (Å²) in [5, 5.41) is 11.3. The van der Waals surface area contributed by atoms with Gasteiger partial charge in [0.05, 0.1) is 12.2 Å². The van der Waals surface area contributed by atoms with Crippen LogP contribution in [0.1, 0.15) is 47.9 Å². The lowest BCUT2D eigenvalue weighted by Gasteiger charge is -2.18. The number of nitrogens with one attached hydrogen (secondary N) is 2. The fraction of sp³-hybridized carbons (Fsp3) is 0.579. The van der Waals surface area contributed by atoms with Crippen molar-refractivity contribution in [3.05, 3.63) is 40.1 Å². The average Bonchev–Trinajstić information content (AvgIpc) is 2.98. The van der Waals surface area contributed by atoms with Crippen molar-refractivity contribution in [2.45, 2.75) is 60.5 Å². The third-order valence-electron chi connectivity index (χ3n) is 4.45. The normalized spacial score (nSPS) is 12.7. The minimum atomic E-state index is 0. The molecule has 0 saturated heterocycles. The van der Waals surface area contributed by atoms with Crippen molar-refractivity contribution in [3.63, 3.8) is 0 Å². The van der Waals surface area contributed by atoms with Crippen LogP contribution in [0, 0.1) is 27.7 Å². The van der Waals surface area contributed by atoms with E-state index in [9.17, 15) is 0 Å². The van der Waals surface area contributed by atoms with Crippen molar-refractivity contribution in [2.75, 3.05) is 6.54 Å². The molecule has 0 aliphatic rings. The molecule has 26 heavy (non-hydrogen) atoms. The molecule has 0 aromatic carbocycles. The monoisotopic (exact) mass is 473 g/mol. The smallest absolute Gasteiger partial charge is 0.191 e. The fourth-order valence-corrected chi connectivity index (χ4v) is 3.03. The number of guanidine groups is 1. The highest BCUT2D eigenvalue weighted by molar-refractivity contribution is 14.0. The van der Waals surface area contributed by atoms with Gasteiger partial charge in [0.2, 0.25) is 0 Å². The number of hydrogen-bond donors (Lipinski definition) is 2. The number of nitrogens with zero attached hydrogens (tertiary/aromatic N) is 3. The number of hydrogen-bond acceptors (Lipinski definition) is 3. The number of rotatable bonds is 6. The molecule has 6 nitrogen and oxygen atoms in total. The van der Waals surface area contributed by atoms with E-state index in [1.54, 1.807) is 0 Å². The Kier molecular flexibility index (Phi) is 8.66. The molecule has 2 aromatic heterocycles. The molecule has 0 amide bonds. The summed E-state index contributed by atoms with van der Waals surface area (Å²) in [6, 6.07) is 2.31. The van der Waals surface area contributed by atoms with Gasteiger partial charge in [0.15, 0.2) is 5.96 Å². The molecular weight excluding hydrogens is 441 g/mol. The van der Waals surface area contributed by atoms with Crippen molar-refractivity contribution >= 4 is 29.9 Å². The number of halogens is 1. The van der Waals surface area contributed by atoms with Crippen LogP contribution in [0.5, 0.6) is 0 Å². The third-order valence-corrected chi connectivity index (χ3v) is 4.45. The maximum atomic E-state index is 5.58. The summed E-state index contributed by atoms with van der Waals surface area (Å²) < 4.78 is 7.52. The standard InChI is InChI=1S/C19H31N5O.HI/c1-8-20-19(21-11-17-10-13(3)25-16(17)6)22-12(2)9-18-14(4)23-24(7)15(18)5;/h10,12H,8-9,11H2,1-7H3,(H2,20,21,22);1H. The molecule has 1 unspecified atom stereocenters. The first-order chi connectivity index (χ1) is 11.8. The predicted octanol–water partition coefficient (Wildman–Crippen LogP) is 3.55. The Morgan fingerprint density at radius 3 is 2.50 bits per heavy atom. The number of furan rings is 1. The Balaban J connectivity index is 0.00000338. The number of aromatic nitrogens is 2. The Hall–Kier alpha value is -1.51. The molecule has 2 heterocycles. The molecule has 146 valence electrons. The highest BCUT2D eigenvalue weighted by atomic mass is 127. The van der Waals surface area contributed by atoms with Crippen LogP contribution in [-0.2, 0) is 20.0 Å².